The monoisotopic (exact) mass is 305 g/mol. The predicted octanol–water partition coefficient (Wildman–Crippen LogP) is 3.46. The van der Waals surface area contributed by atoms with Gasteiger partial charge in [-0.25, -0.2) is 9.37 Å². The summed E-state index contributed by atoms with van der Waals surface area (Å²) >= 11 is 1.46. The molecular weight excluding hydrogens is 289 g/mol. The van der Waals surface area contributed by atoms with Crippen molar-refractivity contribution in [1.29, 1.82) is 0 Å². The van der Waals surface area contributed by atoms with Crippen molar-refractivity contribution in [2.75, 3.05) is 6.61 Å². The molecule has 0 fully saturated rings. The summed E-state index contributed by atoms with van der Waals surface area (Å²) in [6.45, 7) is 3.75. The largest absolute Gasteiger partial charge is 0.437 e. The number of hydrogen-bond acceptors (Lipinski definition) is 4. The Hall–Kier alpha value is -1.77. The van der Waals surface area contributed by atoms with Crippen molar-refractivity contribution in [2.45, 2.75) is 31.2 Å². The molecule has 0 radical (unpaired) electrons. The molecular formula is C16H16FNO2S. The number of aliphatic hydroxyl groups is 1. The number of oxazole rings is 1. The van der Waals surface area contributed by atoms with Gasteiger partial charge in [0.05, 0.1) is 17.9 Å². The molecule has 0 bridgehead atoms. The first-order valence-electron chi connectivity index (χ1n) is 6.55. The van der Waals surface area contributed by atoms with Crippen molar-refractivity contribution in [3.8, 4) is 11.8 Å². The van der Waals surface area contributed by atoms with Crippen LogP contribution in [0.1, 0.15) is 29.0 Å². The first kappa shape index (κ1) is 15.6. The molecule has 0 aliphatic heterocycles. The van der Waals surface area contributed by atoms with Crippen LogP contribution in [0.3, 0.4) is 0 Å². The van der Waals surface area contributed by atoms with Gasteiger partial charge in [-0.1, -0.05) is 29.7 Å². The zero-order valence-electron chi connectivity index (χ0n) is 11.9. The van der Waals surface area contributed by atoms with Crippen molar-refractivity contribution in [2.24, 2.45) is 0 Å². The van der Waals surface area contributed by atoms with Gasteiger partial charge in [0.15, 0.2) is 0 Å². The number of rotatable bonds is 4. The zero-order chi connectivity index (χ0) is 15.2. The van der Waals surface area contributed by atoms with Crippen LogP contribution in [0.5, 0.6) is 0 Å². The van der Waals surface area contributed by atoms with Crippen molar-refractivity contribution >= 4 is 11.8 Å². The number of aliphatic hydroxyl groups excluding tert-OH is 1. The standard InChI is InChI=1S/C16H16FNO2S/c1-11-12(2)20-16(18-11)21-10-13-6-7-15(17)14(9-13)5-3-4-8-19/h6-7,9,19H,4,8,10H2,1-2H3. The highest BCUT2D eigenvalue weighted by Crippen LogP contribution is 2.24. The summed E-state index contributed by atoms with van der Waals surface area (Å²) in [5.41, 5.74) is 2.18. The fourth-order valence-corrected chi connectivity index (χ4v) is 2.48. The van der Waals surface area contributed by atoms with Gasteiger partial charge in [-0.3, -0.25) is 0 Å². The quantitative estimate of drug-likeness (QED) is 0.694. The number of aromatic nitrogens is 1. The van der Waals surface area contributed by atoms with Crippen LogP contribution in [0.4, 0.5) is 4.39 Å². The molecule has 0 aliphatic rings. The van der Waals surface area contributed by atoms with E-state index < -0.39 is 0 Å². The highest BCUT2D eigenvalue weighted by atomic mass is 32.2. The minimum absolute atomic E-state index is 0.0208. The van der Waals surface area contributed by atoms with E-state index in [-0.39, 0.29) is 12.4 Å². The maximum Gasteiger partial charge on any atom is 0.256 e. The zero-order valence-corrected chi connectivity index (χ0v) is 12.8. The van der Waals surface area contributed by atoms with Gasteiger partial charge < -0.3 is 9.52 Å². The van der Waals surface area contributed by atoms with Crippen LogP contribution >= 0.6 is 11.8 Å². The molecule has 21 heavy (non-hydrogen) atoms. The van der Waals surface area contributed by atoms with Gasteiger partial charge >= 0.3 is 0 Å². The van der Waals surface area contributed by atoms with Gasteiger partial charge in [-0.2, -0.15) is 0 Å². The molecule has 1 aromatic heterocycles. The fraction of sp³-hybridized carbons (Fsp3) is 0.312. The van der Waals surface area contributed by atoms with E-state index in [1.807, 2.05) is 13.8 Å². The first-order valence-corrected chi connectivity index (χ1v) is 7.53. The lowest BCUT2D eigenvalue weighted by Gasteiger charge is -2.01. The van der Waals surface area contributed by atoms with Crippen LogP contribution in [0.2, 0.25) is 0 Å². The Morgan fingerprint density at radius 3 is 2.86 bits per heavy atom. The Morgan fingerprint density at radius 1 is 1.38 bits per heavy atom. The van der Waals surface area contributed by atoms with E-state index in [9.17, 15) is 4.39 Å². The van der Waals surface area contributed by atoms with E-state index in [0.717, 1.165) is 17.0 Å². The topological polar surface area (TPSA) is 46.3 Å². The Kier molecular flexibility index (Phi) is 5.43. The van der Waals surface area contributed by atoms with Crippen LogP contribution in [-0.2, 0) is 5.75 Å². The summed E-state index contributed by atoms with van der Waals surface area (Å²) in [5.74, 6) is 6.55. The Bertz CT molecular complexity index is 666. The number of benzene rings is 1. The molecule has 2 rings (SSSR count). The Balaban J connectivity index is 2.07. The predicted molar refractivity (Wildman–Crippen MR) is 80.5 cm³/mol. The molecule has 1 heterocycles. The van der Waals surface area contributed by atoms with E-state index in [1.165, 1.54) is 17.8 Å². The molecule has 5 heteroatoms. The lowest BCUT2D eigenvalue weighted by molar-refractivity contribution is 0.305. The minimum atomic E-state index is -0.350. The normalized spacial score (nSPS) is 10.3. The van der Waals surface area contributed by atoms with Crippen molar-refractivity contribution in [1.82, 2.24) is 4.98 Å². The molecule has 0 atom stereocenters. The summed E-state index contributed by atoms with van der Waals surface area (Å²) in [5, 5.41) is 9.30. The molecule has 2 aromatic rings. The molecule has 110 valence electrons. The third-order valence-electron chi connectivity index (χ3n) is 2.86. The summed E-state index contributed by atoms with van der Waals surface area (Å²) in [6, 6.07) is 4.85. The van der Waals surface area contributed by atoms with Gasteiger partial charge in [0, 0.05) is 12.2 Å². The maximum absolute atomic E-state index is 13.6. The molecule has 0 spiro atoms. The third-order valence-corrected chi connectivity index (χ3v) is 3.76. The molecule has 0 saturated carbocycles. The van der Waals surface area contributed by atoms with Crippen LogP contribution < -0.4 is 0 Å². The van der Waals surface area contributed by atoms with Gasteiger partial charge in [0.1, 0.15) is 11.6 Å². The summed E-state index contributed by atoms with van der Waals surface area (Å²) in [6.07, 6.45) is 0.341. The fourth-order valence-electron chi connectivity index (χ4n) is 1.62. The second kappa shape index (κ2) is 7.30. The number of thioether (sulfide) groups is 1. The van der Waals surface area contributed by atoms with E-state index in [4.69, 9.17) is 9.52 Å². The number of hydrogen-bond donors (Lipinski definition) is 1. The average Bonchev–Trinajstić information content (AvgIpc) is 2.78. The van der Waals surface area contributed by atoms with E-state index in [0.29, 0.717) is 23.0 Å². The van der Waals surface area contributed by atoms with Crippen molar-refractivity contribution < 1.29 is 13.9 Å². The second-order valence-electron chi connectivity index (χ2n) is 4.50. The molecule has 0 aliphatic carbocycles. The smallest absolute Gasteiger partial charge is 0.256 e. The minimum Gasteiger partial charge on any atom is -0.437 e. The van der Waals surface area contributed by atoms with Gasteiger partial charge in [0.25, 0.3) is 5.22 Å². The van der Waals surface area contributed by atoms with E-state index >= 15 is 0 Å². The molecule has 0 saturated heterocycles. The van der Waals surface area contributed by atoms with Gasteiger partial charge in [-0.05, 0) is 31.5 Å². The van der Waals surface area contributed by atoms with Crippen molar-refractivity contribution in [3.05, 3.63) is 46.6 Å². The molecule has 1 N–H and O–H groups in total. The second-order valence-corrected chi connectivity index (χ2v) is 5.43. The lowest BCUT2D eigenvalue weighted by Crippen LogP contribution is -1.88. The highest BCUT2D eigenvalue weighted by molar-refractivity contribution is 7.98. The highest BCUT2D eigenvalue weighted by Gasteiger charge is 2.07. The van der Waals surface area contributed by atoms with Gasteiger partial charge in [-0.15, -0.1) is 0 Å². The first-order chi connectivity index (χ1) is 10.1. The van der Waals surface area contributed by atoms with Crippen LogP contribution in [0.15, 0.2) is 27.8 Å². The summed E-state index contributed by atoms with van der Waals surface area (Å²) in [4.78, 5) is 4.29. The molecule has 0 amide bonds. The van der Waals surface area contributed by atoms with Crippen molar-refractivity contribution in [3.63, 3.8) is 0 Å². The average molecular weight is 305 g/mol. The molecule has 3 nitrogen and oxygen atoms in total. The lowest BCUT2D eigenvalue weighted by atomic mass is 10.1. The Labute approximate surface area is 127 Å². The SMILES string of the molecule is Cc1nc(SCc2ccc(F)c(C#CCCO)c2)oc1C. The van der Waals surface area contributed by atoms with E-state index in [2.05, 4.69) is 16.8 Å². The molecule has 1 aromatic carbocycles. The Morgan fingerprint density at radius 2 is 2.19 bits per heavy atom. The number of halogens is 1. The van der Waals surface area contributed by atoms with Crippen LogP contribution in [-0.4, -0.2) is 16.7 Å². The maximum atomic E-state index is 13.6. The molecule has 0 unspecified atom stereocenters. The summed E-state index contributed by atoms with van der Waals surface area (Å²) < 4.78 is 19.1. The third kappa shape index (κ3) is 4.35. The van der Waals surface area contributed by atoms with Crippen LogP contribution in [0.25, 0.3) is 0 Å². The number of nitrogens with zero attached hydrogens (tertiary/aromatic N) is 1. The summed E-state index contributed by atoms with van der Waals surface area (Å²) in [7, 11) is 0. The van der Waals surface area contributed by atoms with Crippen LogP contribution in [0, 0.1) is 31.5 Å². The van der Waals surface area contributed by atoms with E-state index in [1.54, 1.807) is 12.1 Å². The van der Waals surface area contributed by atoms with Gasteiger partial charge in [0.2, 0.25) is 0 Å². The number of aryl methyl sites for hydroxylation is 2.